The van der Waals surface area contributed by atoms with Gasteiger partial charge in [0, 0.05) is 6.42 Å². The maximum atomic E-state index is 8.60. The zero-order chi connectivity index (χ0) is 12.7. The number of nitriles is 1. The predicted octanol–water partition coefficient (Wildman–Crippen LogP) is 4.19. The fourth-order valence-corrected chi connectivity index (χ4v) is 1.95. The molecule has 2 heteroatoms. The van der Waals surface area contributed by atoms with Crippen LogP contribution in [0.15, 0.2) is 18.2 Å². The Kier molecular flexibility index (Phi) is 5.56. The van der Waals surface area contributed by atoms with Crippen LogP contribution < -0.4 is 4.74 Å². The van der Waals surface area contributed by atoms with Crippen molar-refractivity contribution in [3.05, 3.63) is 29.3 Å². The molecule has 0 radical (unpaired) electrons. The Morgan fingerprint density at radius 1 is 1.41 bits per heavy atom. The standard InChI is InChI=1S/C15H21NO/c1-4-10-17-14-7-8-15(13(3)11-14)12(2)6-5-9-16/h7-8,11-12H,4-6,10H2,1-3H3. The Hall–Kier alpha value is -1.49. The van der Waals surface area contributed by atoms with E-state index in [1.807, 2.05) is 6.07 Å². The van der Waals surface area contributed by atoms with E-state index in [9.17, 15) is 0 Å². The van der Waals surface area contributed by atoms with Crippen LogP contribution in [0.3, 0.4) is 0 Å². The summed E-state index contributed by atoms with van der Waals surface area (Å²) in [6, 6.07) is 8.45. The van der Waals surface area contributed by atoms with E-state index in [0.29, 0.717) is 12.3 Å². The second-order valence-electron chi connectivity index (χ2n) is 4.46. The molecule has 0 aliphatic heterocycles. The van der Waals surface area contributed by atoms with E-state index in [0.717, 1.165) is 25.2 Å². The maximum absolute atomic E-state index is 8.60. The van der Waals surface area contributed by atoms with Gasteiger partial charge in [-0.3, -0.25) is 0 Å². The first-order valence-electron chi connectivity index (χ1n) is 6.29. The highest BCUT2D eigenvalue weighted by Gasteiger charge is 2.09. The topological polar surface area (TPSA) is 33.0 Å². The van der Waals surface area contributed by atoms with Gasteiger partial charge in [-0.2, -0.15) is 5.26 Å². The molecule has 0 N–H and O–H groups in total. The molecule has 0 aliphatic rings. The van der Waals surface area contributed by atoms with Crippen molar-refractivity contribution in [2.45, 2.75) is 46.0 Å². The molecule has 0 amide bonds. The lowest BCUT2D eigenvalue weighted by molar-refractivity contribution is 0.317. The highest BCUT2D eigenvalue weighted by Crippen LogP contribution is 2.26. The van der Waals surface area contributed by atoms with Crippen molar-refractivity contribution < 1.29 is 4.74 Å². The van der Waals surface area contributed by atoms with Gasteiger partial charge in [-0.15, -0.1) is 0 Å². The van der Waals surface area contributed by atoms with E-state index in [1.165, 1.54) is 11.1 Å². The van der Waals surface area contributed by atoms with Gasteiger partial charge in [0.1, 0.15) is 5.75 Å². The minimum Gasteiger partial charge on any atom is -0.494 e. The summed E-state index contributed by atoms with van der Waals surface area (Å²) in [6.07, 6.45) is 2.57. The molecule has 0 aliphatic carbocycles. The van der Waals surface area contributed by atoms with Crippen molar-refractivity contribution >= 4 is 0 Å². The first-order chi connectivity index (χ1) is 8.19. The molecule has 1 unspecified atom stereocenters. The molecule has 0 heterocycles. The van der Waals surface area contributed by atoms with Gasteiger partial charge >= 0.3 is 0 Å². The van der Waals surface area contributed by atoms with Crippen molar-refractivity contribution in [1.29, 1.82) is 5.26 Å². The van der Waals surface area contributed by atoms with Gasteiger partial charge in [0.25, 0.3) is 0 Å². The van der Waals surface area contributed by atoms with Crippen LogP contribution in [0.2, 0.25) is 0 Å². The Morgan fingerprint density at radius 3 is 2.76 bits per heavy atom. The summed E-state index contributed by atoms with van der Waals surface area (Å²) in [5, 5.41) is 8.60. The average molecular weight is 231 g/mol. The summed E-state index contributed by atoms with van der Waals surface area (Å²) < 4.78 is 5.60. The first kappa shape index (κ1) is 13.6. The summed E-state index contributed by atoms with van der Waals surface area (Å²) in [5.41, 5.74) is 2.58. The number of rotatable bonds is 6. The van der Waals surface area contributed by atoms with Crippen LogP contribution in [0.5, 0.6) is 5.75 Å². The second-order valence-corrected chi connectivity index (χ2v) is 4.46. The number of ether oxygens (including phenoxy) is 1. The smallest absolute Gasteiger partial charge is 0.119 e. The lowest BCUT2D eigenvalue weighted by Gasteiger charge is -2.14. The van der Waals surface area contributed by atoms with Crippen LogP contribution in [0.1, 0.15) is 50.2 Å². The second kappa shape index (κ2) is 6.96. The van der Waals surface area contributed by atoms with Crippen molar-refractivity contribution in [1.82, 2.24) is 0 Å². The summed E-state index contributed by atoms with van der Waals surface area (Å²) in [7, 11) is 0. The number of nitrogens with zero attached hydrogens (tertiary/aromatic N) is 1. The third-order valence-electron chi connectivity index (χ3n) is 2.93. The van der Waals surface area contributed by atoms with E-state index < -0.39 is 0 Å². The van der Waals surface area contributed by atoms with Crippen molar-refractivity contribution in [2.75, 3.05) is 6.61 Å². The molecule has 1 aromatic rings. The third kappa shape index (κ3) is 4.11. The van der Waals surface area contributed by atoms with Crippen molar-refractivity contribution in [3.8, 4) is 11.8 Å². The molecule has 1 rings (SSSR count). The number of hydrogen-bond acceptors (Lipinski definition) is 2. The van der Waals surface area contributed by atoms with Crippen molar-refractivity contribution in [3.63, 3.8) is 0 Å². The minimum absolute atomic E-state index is 0.440. The zero-order valence-electron chi connectivity index (χ0n) is 11.0. The van der Waals surface area contributed by atoms with Gasteiger partial charge in [-0.1, -0.05) is 19.9 Å². The molecule has 2 nitrogen and oxygen atoms in total. The van der Waals surface area contributed by atoms with Gasteiger partial charge in [-0.25, -0.2) is 0 Å². The van der Waals surface area contributed by atoms with E-state index in [-0.39, 0.29) is 0 Å². The molecule has 0 bridgehead atoms. The molecule has 0 saturated carbocycles. The lowest BCUT2D eigenvalue weighted by Crippen LogP contribution is -1.99. The normalized spacial score (nSPS) is 11.9. The van der Waals surface area contributed by atoms with Crippen LogP contribution in [0.25, 0.3) is 0 Å². The molecule has 0 fully saturated rings. The van der Waals surface area contributed by atoms with Crippen molar-refractivity contribution in [2.24, 2.45) is 0 Å². The lowest BCUT2D eigenvalue weighted by atomic mass is 9.92. The largest absolute Gasteiger partial charge is 0.494 e. The van der Waals surface area contributed by atoms with Gasteiger partial charge in [0.05, 0.1) is 12.7 Å². The quantitative estimate of drug-likeness (QED) is 0.735. The van der Waals surface area contributed by atoms with Crippen LogP contribution in [0.4, 0.5) is 0 Å². The van der Waals surface area contributed by atoms with Gasteiger partial charge < -0.3 is 4.74 Å². The predicted molar refractivity (Wildman–Crippen MR) is 70.2 cm³/mol. The Bertz CT molecular complexity index is 392. The Morgan fingerprint density at radius 2 is 2.18 bits per heavy atom. The van der Waals surface area contributed by atoms with E-state index in [4.69, 9.17) is 10.00 Å². The summed E-state index contributed by atoms with van der Waals surface area (Å²) in [6.45, 7) is 7.15. The fourth-order valence-electron chi connectivity index (χ4n) is 1.95. The number of hydrogen-bond donors (Lipinski definition) is 0. The molecule has 0 spiro atoms. The van der Waals surface area contributed by atoms with Crippen LogP contribution >= 0.6 is 0 Å². The van der Waals surface area contributed by atoms with E-state index >= 15 is 0 Å². The first-order valence-corrected chi connectivity index (χ1v) is 6.29. The minimum atomic E-state index is 0.440. The van der Waals surface area contributed by atoms with Crippen LogP contribution in [0, 0.1) is 18.3 Å². The van der Waals surface area contributed by atoms with Gasteiger partial charge in [0.15, 0.2) is 0 Å². The highest BCUT2D eigenvalue weighted by atomic mass is 16.5. The molecule has 92 valence electrons. The van der Waals surface area contributed by atoms with Crippen LogP contribution in [-0.2, 0) is 0 Å². The zero-order valence-corrected chi connectivity index (χ0v) is 11.0. The molecule has 1 atom stereocenters. The monoisotopic (exact) mass is 231 g/mol. The Balaban J connectivity index is 2.72. The molecule has 17 heavy (non-hydrogen) atoms. The summed E-state index contributed by atoms with van der Waals surface area (Å²) in [4.78, 5) is 0. The average Bonchev–Trinajstić information content (AvgIpc) is 2.33. The van der Waals surface area contributed by atoms with E-state index in [1.54, 1.807) is 0 Å². The molecule has 0 saturated heterocycles. The van der Waals surface area contributed by atoms with E-state index in [2.05, 4.69) is 39.0 Å². The summed E-state index contributed by atoms with van der Waals surface area (Å²) in [5.74, 6) is 1.38. The summed E-state index contributed by atoms with van der Waals surface area (Å²) >= 11 is 0. The highest BCUT2D eigenvalue weighted by molar-refractivity contribution is 5.36. The fraction of sp³-hybridized carbons (Fsp3) is 0.533. The number of benzene rings is 1. The molecule has 0 aromatic heterocycles. The van der Waals surface area contributed by atoms with Crippen LogP contribution in [-0.4, -0.2) is 6.61 Å². The molecular formula is C15H21NO. The molecule has 1 aromatic carbocycles. The van der Waals surface area contributed by atoms with Gasteiger partial charge in [0.2, 0.25) is 0 Å². The maximum Gasteiger partial charge on any atom is 0.119 e. The Labute approximate surface area is 104 Å². The SMILES string of the molecule is CCCOc1ccc(C(C)CCC#N)c(C)c1. The third-order valence-corrected chi connectivity index (χ3v) is 2.93. The van der Waals surface area contributed by atoms with Gasteiger partial charge in [-0.05, 0) is 48.9 Å². The molecular weight excluding hydrogens is 210 g/mol. The number of aryl methyl sites for hydroxylation is 1.